The van der Waals surface area contributed by atoms with Gasteiger partial charge in [0.15, 0.2) is 5.82 Å². The standard InChI is InChI=1S/C17H16N6O.C9H15NO2/c1-19-17-15(16(18)24)12(21-22-17)6-4-11-5-7-13(10-2-3-10)23-9-20-8-14(11)23;1-3-9(11)10-6-4-5-8(10)7-12-2/h5,7-10H,2-3H2,1H3,(H2,18,24)(H2,19,21,22);3,8H,1,4-7H2,2H3. The number of H-pyrrole nitrogens is 1. The van der Waals surface area contributed by atoms with Gasteiger partial charge in [-0.3, -0.25) is 14.7 Å². The minimum atomic E-state index is -0.573. The largest absolute Gasteiger partial charge is 0.383 e. The molecule has 1 unspecified atom stereocenters. The lowest BCUT2D eigenvalue weighted by atomic mass is 10.1. The Morgan fingerprint density at radius 2 is 2.14 bits per heavy atom. The maximum Gasteiger partial charge on any atom is 0.255 e. The van der Waals surface area contributed by atoms with Crippen LogP contribution < -0.4 is 11.1 Å². The maximum absolute atomic E-state index is 11.6. The summed E-state index contributed by atoms with van der Waals surface area (Å²) in [6.07, 6.45) is 9.56. The number of hydrogen-bond donors (Lipinski definition) is 3. The number of nitrogens with zero attached hydrogens (tertiary/aromatic N) is 4. The molecule has 0 spiro atoms. The van der Waals surface area contributed by atoms with Crippen LogP contribution in [0.4, 0.5) is 5.82 Å². The fraction of sp³-hybridized carbons (Fsp3) is 0.385. The quantitative estimate of drug-likeness (QED) is 0.360. The van der Waals surface area contributed by atoms with Gasteiger partial charge in [-0.2, -0.15) is 5.10 Å². The molecule has 1 saturated heterocycles. The number of amides is 2. The highest BCUT2D eigenvalue weighted by Gasteiger charge is 2.27. The molecule has 3 aromatic rings. The Morgan fingerprint density at radius 1 is 1.33 bits per heavy atom. The number of aromatic amines is 1. The first-order valence-electron chi connectivity index (χ1n) is 11.9. The number of anilines is 1. The Hall–Kier alpha value is -4.10. The van der Waals surface area contributed by atoms with Crippen molar-refractivity contribution in [2.24, 2.45) is 5.73 Å². The lowest BCUT2D eigenvalue weighted by molar-refractivity contribution is -0.127. The first-order valence-corrected chi connectivity index (χ1v) is 11.9. The number of carbonyl (C=O) groups is 2. The van der Waals surface area contributed by atoms with Crippen molar-refractivity contribution in [3.8, 4) is 11.8 Å². The van der Waals surface area contributed by atoms with E-state index in [4.69, 9.17) is 10.5 Å². The molecule has 4 N–H and O–H groups in total. The van der Waals surface area contributed by atoms with Crippen LogP contribution in [0.1, 0.15) is 58.9 Å². The van der Waals surface area contributed by atoms with Crippen molar-refractivity contribution in [1.29, 1.82) is 0 Å². The summed E-state index contributed by atoms with van der Waals surface area (Å²) in [7, 11) is 3.33. The fourth-order valence-corrected chi connectivity index (χ4v) is 4.44. The van der Waals surface area contributed by atoms with Crippen LogP contribution in [0.2, 0.25) is 0 Å². The third-order valence-electron chi connectivity index (χ3n) is 6.37. The second-order valence-corrected chi connectivity index (χ2v) is 8.77. The van der Waals surface area contributed by atoms with E-state index in [1.165, 1.54) is 24.6 Å². The van der Waals surface area contributed by atoms with Crippen LogP contribution in [-0.2, 0) is 9.53 Å². The second-order valence-electron chi connectivity index (χ2n) is 8.77. The Bertz CT molecular complexity index is 1330. The number of rotatable bonds is 6. The van der Waals surface area contributed by atoms with Gasteiger partial charge in [0.25, 0.3) is 5.91 Å². The van der Waals surface area contributed by atoms with E-state index in [1.54, 1.807) is 20.4 Å². The Kier molecular flexibility index (Phi) is 7.71. The topological polar surface area (TPSA) is 131 Å². The highest BCUT2D eigenvalue weighted by Crippen LogP contribution is 2.40. The van der Waals surface area contributed by atoms with Crippen LogP contribution in [-0.4, -0.2) is 69.6 Å². The number of pyridine rings is 1. The summed E-state index contributed by atoms with van der Waals surface area (Å²) in [4.78, 5) is 28.9. The zero-order valence-corrected chi connectivity index (χ0v) is 20.6. The molecule has 2 fully saturated rings. The number of aromatic nitrogens is 4. The number of hydrogen-bond acceptors (Lipinski definition) is 6. The molecule has 10 nitrogen and oxygen atoms in total. The molecule has 5 rings (SSSR count). The van der Waals surface area contributed by atoms with Gasteiger partial charge in [-0.15, -0.1) is 0 Å². The molecular weight excluding hydrogens is 458 g/mol. The number of likely N-dealkylation sites (tertiary alicyclic amines) is 1. The molecule has 0 aromatic carbocycles. The molecule has 36 heavy (non-hydrogen) atoms. The van der Waals surface area contributed by atoms with Crippen molar-refractivity contribution >= 4 is 23.1 Å². The van der Waals surface area contributed by atoms with Crippen LogP contribution in [0, 0.1) is 11.8 Å². The highest BCUT2D eigenvalue weighted by atomic mass is 16.5. The summed E-state index contributed by atoms with van der Waals surface area (Å²) in [5.41, 5.74) is 9.15. The molecule has 1 aliphatic heterocycles. The molecule has 10 heteroatoms. The van der Waals surface area contributed by atoms with E-state index in [1.807, 2.05) is 17.3 Å². The Morgan fingerprint density at radius 3 is 2.81 bits per heavy atom. The normalized spacial score (nSPS) is 16.6. The van der Waals surface area contributed by atoms with Crippen LogP contribution in [0.5, 0.6) is 0 Å². The van der Waals surface area contributed by atoms with Gasteiger partial charge in [0.1, 0.15) is 11.3 Å². The Balaban J connectivity index is 0.000000214. The zero-order valence-electron chi connectivity index (χ0n) is 20.6. The van der Waals surface area contributed by atoms with Crippen molar-refractivity contribution in [2.45, 2.75) is 37.6 Å². The van der Waals surface area contributed by atoms with Gasteiger partial charge < -0.3 is 25.1 Å². The van der Waals surface area contributed by atoms with E-state index in [2.05, 4.69) is 49.4 Å². The van der Waals surface area contributed by atoms with Crippen molar-refractivity contribution < 1.29 is 14.3 Å². The lowest BCUT2D eigenvalue weighted by Gasteiger charge is -2.22. The lowest BCUT2D eigenvalue weighted by Crippen LogP contribution is -2.36. The molecule has 1 aliphatic carbocycles. The van der Waals surface area contributed by atoms with Gasteiger partial charge >= 0.3 is 0 Å². The molecule has 4 heterocycles. The summed E-state index contributed by atoms with van der Waals surface area (Å²) in [5, 5.41) is 9.58. The van der Waals surface area contributed by atoms with Crippen molar-refractivity contribution in [3.05, 3.63) is 59.8 Å². The molecule has 0 radical (unpaired) electrons. The van der Waals surface area contributed by atoms with Crippen molar-refractivity contribution in [1.82, 2.24) is 24.5 Å². The van der Waals surface area contributed by atoms with E-state index in [0.29, 0.717) is 24.0 Å². The number of primary amides is 1. The van der Waals surface area contributed by atoms with Crippen LogP contribution in [0.25, 0.3) is 5.52 Å². The van der Waals surface area contributed by atoms with E-state index >= 15 is 0 Å². The van der Waals surface area contributed by atoms with Gasteiger partial charge in [0, 0.05) is 26.4 Å². The molecule has 2 amide bonds. The molecule has 1 atom stereocenters. The zero-order chi connectivity index (χ0) is 25.7. The molecule has 2 aliphatic rings. The van der Waals surface area contributed by atoms with Gasteiger partial charge in [-0.25, -0.2) is 4.98 Å². The minimum absolute atomic E-state index is 0.0227. The monoisotopic (exact) mass is 489 g/mol. The van der Waals surface area contributed by atoms with Crippen LogP contribution >= 0.6 is 0 Å². The molecule has 0 bridgehead atoms. The van der Waals surface area contributed by atoms with Gasteiger partial charge in [-0.1, -0.05) is 12.5 Å². The molecular formula is C26H31N7O3. The minimum Gasteiger partial charge on any atom is -0.383 e. The maximum atomic E-state index is 11.6. The van der Waals surface area contributed by atoms with Crippen molar-refractivity contribution in [3.63, 3.8) is 0 Å². The molecule has 3 aromatic heterocycles. The first kappa shape index (κ1) is 25.0. The molecule has 1 saturated carbocycles. The number of carbonyl (C=O) groups excluding carboxylic acids is 2. The number of nitrogens with two attached hydrogens (primary N) is 1. The number of nitrogens with one attached hydrogen (secondary N) is 2. The average molecular weight is 490 g/mol. The third-order valence-corrected chi connectivity index (χ3v) is 6.37. The molecule has 188 valence electrons. The van der Waals surface area contributed by atoms with Gasteiger partial charge in [-0.05, 0) is 55.7 Å². The third kappa shape index (κ3) is 5.26. The summed E-state index contributed by atoms with van der Waals surface area (Å²) in [5.74, 6) is 6.52. The Labute approximate surface area is 209 Å². The van der Waals surface area contributed by atoms with E-state index in [9.17, 15) is 9.59 Å². The summed E-state index contributed by atoms with van der Waals surface area (Å²) in [6.45, 7) is 4.95. The van der Waals surface area contributed by atoms with Crippen LogP contribution in [0.3, 0.4) is 0 Å². The van der Waals surface area contributed by atoms with Gasteiger partial charge in [0.05, 0.1) is 36.3 Å². The number of methoxy groups -OCH3 is 1. The summed E-state index contributed by atoms with van der Waals surface area (Å²) < 4.78 is 7.11. The van der Waals surface area contributed by atoms with Crippen molar-refractivity contribution in [2.75, 3.05) is 32.6 Å². The first-order chi connectivity index (χ1) is 17.5. The fourth-order valence-electron chi connectivity index (χ4n) is 4.44. The summed E-state index contributed by atoms with van der Waals surface area (Å²) in [6, 6.07) is 4.36. The number of ether oxygens (including phenoxy) is 1. The smallest absolute Gasteiger partial charge is 0.255 e. The predicted octanol–water partition coefficient (Wildman–Crippen LogP) is 2.28. The second kappa shape index (κ2) is 11.1. The van der Waals surface area contributed by atoms with E-state index in [-0.39, 0.29) is 17.5 Å². The summed E-state index contributed by atoms with van der Waals surface area (Å²) >= 11 is 0. The SMILES string of the molecule is C=CC(=O)N1CCCC1COC.CNc1n[nH]c(C#Cc2ccc(C3CC3)n3cncc23)c1C(N)=O. The number of imidazole rings is 1. The van der Waals surface area contributed by atoms with E-state index < -0.39 is 5.91 Å². The highest BCUT2D eigenvalue weighted by molar-refractivity contribution is 5.99. The predicted molar refractivity (Wildman–Crippen MR) is 137 cm³/mol. The van der Waals surface area contributed by atoms with E-state index in [0.717, 1.165) is 30.5 Å². The van der Waals surface area contributed by atoms with Crippen LogP contribution in [0.15, 0.2) is 37.3 Å². The number of fused-ring (bicyclic) bond motifs is 1. The average Bonchev–Trinajstić information content (AvgIpc) is 3.25. The van der Waals surface area contributed by atoms with Gasteiger partial charge in [0.2, 0.25) is 5.91 Å².